The Morgan fingerprint density at radius 1 is 1.09 bits per heavy atom. The van der Waals surface area contributed by atoms with E-state index in [1.807, 2.05) is 41.2 Å². The molecule has 1 aromatic heterocycles. The Morgan fingerprint density at radius 3 is 2.65 bits per heavy atom. The molecule has 0 radical (unpaired) electrons. The smallest absolute Gasteiger partial charge is 0.160 e. The van der Waals surface area contributed by atoms with Crippen LogP contribution in [-0.2, 0) is 13.1 Å². The first-order valence-electron chi connectivity index (χ1n) is 7.42. The molecule has 5 nitrogen and oxygen atoms in total. The van der Waals surface area contributed by atoms with E-state index in [1.54, 1.807) is 12.1 Å². The fraction of sp³-hybridized carbons (Fsp3) is 0.167. The van der Waals surface area contributed by atoms with Gasteiger partial charge in [-0.2, -0.15) is 5.10 Å². The van der Waals surface area contributed by atoms with Crippen LogP contribution < -0.4 is 10.1 Å². The van der Waals surface area contributed by atoms with E-state index in [4.69, 9.17) is 4.74 Å². The fourth-order valence-corrected chi connectivity index (χ4v) is 2.35. The lowest BCUT2D eigenvalue weighted by Gasteiger charge is -2.07. The van der Waals surface area contributed by atoms with Gasteiger partial charge < -0.3 is 15.2 Å². The Bertz CT molecular complexity index is 769. The molecular weight excluding hydrogens is 290 g/mol. The summed E-state index contributed by atoms with van der Waals surface area (Å²) in [6.07, 6.45) is 1.95. The van der Waals surface area contributed by atoms with Crippen molar-refractivity contribution in [2.45, 2.75) is 13.1 Å². The summed E-state index contributed by atoms with van der Waals surface area (Å²) in [6.45, 7) is 1.33. The van der Waals surface area contributed by atoms with Crippen molar-refractivity contribution >= 4 is 5.82 Å². The van der Waals surface area contributed by atoms with E-state index in [0.29, 0.717) is 12.3 Å². The van der Waals surface area contributed by atoms with Gasteiger partial charge in [0, 0.05) is 18.8 Å². The van der Waals surface area contributed by atoms with Gasteiger partial charge in [-0.15, -0.1) is 0 Å². The zero-order chi connectivity index (χ0) is 16.1. The maximum Gasteiger partial charge on any atom is 0.160 e. The standard InChI is InChI=1S/C18H19N3O2/c1-23-17-8-7-15(11-16(17)22)12-19-18-9-10-21(20-18)13-14-5-3-2-4-6-14/h2-11,22H,12-13H2,1H3,(H,19,20). The van der Waals surface area contributed by atoms with Crippen molar-refractivity contribution in [3.8, 4) is 11.5 Å². The van der Waals surface area contributed by atoms with Gasteiger partial charge in [0.05, 0.1) is 13.7 Å². The highest BCUT2D eigenvalue weighted by Gasteiger charge is 2.04. The molecule has 5 heteroatoms. The SMILES string of the molecule is COc1ccc(CNc2ccn(Cc3ccccc3)n2)cc1O. The molecule has 0 unspecified atom stereocenters. The lowest BCUT2D eigenvalue weighted by atomic mass is 10.2. The van der Waals surface area contributed by atoms with Crippen molar-refractivity contribution in [3.05, 3.63) is 71.9 Å². The van der Waals surface area contributed by atoms with Gasteiger partial charge >= 0.3 is 0 Å². The summed E-state index contributed by atoms with van der Waals surface area (Å²) in [6, 6.07) is 17.5. The average molecular weight is 309 g/mol. The van der Waals surface area contributed by atoms with Crippen LogP contribution in [0.1, 0.15) is 11.1 Å². The van der Waals surface area contributed by atoms with Crippen molar-refractivity contribution in [1.82, 2.24) is 9.78 Å². The van der Waals surface area contributed by atoms with Crippen molar-refractivity contribution < 1.29 is 9.84 Å². The predicted molar refractivity (Wildman–Crippen MR) is 89.8 cm³/mol. The number of anilines is 1. The number of nitrogens with one attached hydrogen (secondary N) is 1. The molecule has 0 saturated heterocycles. The predicted octanol–water partition coefficient (Wildman–Crippen LogP) is 3.26. The minimum Gasteiger partial charge on any atom is -0.504 e. The number of nitrogens with zero attached hydrogens (tertiary/aromatic N) is 2. The van der Waals surface area contributed by atoms with Crippen LogP contribution in [0.4, 0.5) is 5.82 Å². The third kappa shape index (κ3) is 3.83. The highest BCUT2D eigenvalue weighted by Crippen LogP contribution is 2.26. The molecule has 2 N–H and O–H groups in total. The van der Waals surface area contributed by atoms with Gasteiger partial charge in [0.15, 0.2) is 11.5 Å². The van der Waals surface area contributed by atoms with E-state index in [2.05, 4.69) is 22.5 Å². The molecule has 0 aliphatic carbocycles. The topological polar surface area (TPSA) is 59.3 Å². The first-order chi connectivity index (χ1) is 11.2. The zero-order valence-electron chi connectivity index (χ0n) is 12.9. The van der Waals surface area contributed by atoms with Crippen LogP contribution in [0.3, 0.4) is 0 Å². The molecule has 0 aliphatic rings. The minimum absolute atomic E-state index is 0.140. The van der Waals surface area contributed by atoms with Crippen molar-refractivity contribution in [2.75, 3.05) is 12.4 Å². The number of ether oxygens (including phenoxy) is 1. The maximum absolute atomic E-state index is 9.78. The first-order valence-corrected chi connectivity index (χ1v) is 7.42. The molecule has 3 rings (SSSR count). The number of hydrogen-bond donors (Lipinski definition) is 2. The molecule has 0 amide bonds. The molecule has 0 aliphatic heterocycles. The lowest BCUT2D eigenvalue weighted by molar-refractivity contribution is 0.373. The molecule has 0 fully saturated rings. The summed E-state index contributed by atoms with van der Waals surface area (Å²) >= 11 is 0. The van der Waals surface area contributed by atoms with E-state index in [0.717, 1.165) is 17.9 Å². The quantitative estimate of drug-likeness (QED) is 0.734. The third-order valence-corrected chi connectivity index (χ3v) is 3.54. The number of hydrogen-bond acceptors (Lipinski definition) is 4. The number of phenols is 1. The Balaban J connectivity index is 1.60. The molecule has 0 spiro atoms. The summed E-state index contributed by atoms with van der Waals surface area (Å²) in [7, 11) is 1.53. The van der Waals surface area contributed by atoms with Crippen LogP contribution in [0.2, 0.25) is 0 Å². The summed E-state index contributed by atoms with van der Waals surface area (Å²) in [5.41, 5.74) is 2.17. The second kappa shape index (κ2) is 6.87. The monoisotopic (exact) mass is 309 g/mol. The highest BCUT2D eigenvalue weighted by molar-refractivity contribution is 5.43. The zero-order valence-corrected chi connectivity index (χ0v) is 12.9. The summed E-state index contributed by atoms with van der Waals surface area (Å²) in [5, 5.41) is 17.5. The molecule has 0 saturated carbocycles. The molecule has 2 aromatic carbocycles. The Hall–Kier alpha value is -2.95. The van der Waals surface area contributed by atoms with E-state index in [9.17, 15) is 5.11 Å². The van der Waals surface area contributed by atoms with Gasteiger partial charge in [0.2, 0.25) is 0 Å². The number of methoxy groups -OCH3 is 1. The normalized spacial score (nSPS) is 10.5. The van der Waals surface area contributed by atoms with Crippen LogP contribution in [0.25, 0.3) is 0 Å². The number of aromatic hydroxyl groups is 1. The van der Waals surface area contributed by atoms with Gasteiger partial charge in [-0.25, -0.2) is 0 Å². The van der Waals surface area contributed by atoms with Gasteiger partial charge in [-0.3, -0.25) is 4.68 Å². The van der Waals surface area contributed by atoms with E-state index >= 15 is 0 Å². The fourth-order valence-electron chi connectivity index (χ4n) is 2.35. The lowest BCUT2D eigenvalue weighted by Crippen LogP contribution is -2.03. The van der Waals surface area contributed by atoms with Crippen LogP contribution in [0.5, 0.6) is 11.5 Å². The van der Waals surface area contributed by atoms with Gasteiger partial charge in [0.25, 0.3) is 0 Å². The molecule has 1 heterocycles. The highest BCUT2D eigenvalue weighted by atomic mass is 16.5. The number of aromatic nitrogens is 2. The van der Waals surface area contributed by atoms with Gasteiger partial charge in [-0.05, 0) is 23.3 Å². The Labute approximate surface area is 135 Å². The number of benzene rings is 2. The molecule has 23 heavy (non-hydrogen) atoms. The molecule has 0 atom stereocenters. The van der Waals surface area contributed by atoms with Crippen LogP contribution in [0, 0.1) is 0 Å². The van der Waals surface area contributed by atoms with Crippen LogP contribution in [0.15, 0.2) is 60.8 Å². The molecule has 3 aromatic rings. The largest absolute Gasteiger partial charge is 0.504 e. The van der Waals surface area contributed by atoms with Crippen molar-refractivity contribution in [2.24, 2.45) is 0 Å². The van der Waals surface area contributed by atoms with E-state index in [1.165, 1.54) is 12.7 Å². The summed E-state index contributed by atoms with van der Waals surface area (Å²) in [5.74, 6) is 1.42. The molecular formula is C18H19N3O2. The minimum atomic E-state index is 0.140. The van der Waals surface area contributed by atoms with Crippen LogP contribution in [-0.4, -0.2) is 22.0 Å². The Kier molecular flexibility index (Phi) is 4.47. The second-order valence-electron chi connectivity index (χ2n) is 5.24. The molecule has 0 bridgehead atoms. The van der Waals surface area contributed by atoms with Crippen LogP contribution >= 0.6 is 0 Å². The number of rotatable bonds is 6. The second-order valence-corrected chi connectivity index (χ2v) is 5.24. The van der Waals surface area contributed by atoms with Crippen molar-refractivity contribution in [3.63, 3.8) is 0 Å². The third-order valence-electron chi connectivity index (χ3n) is 3.54. The Morgan fingerprint density at radius 2 is 1.91 bits per heavy atom. The van der Waals surface area contributed by atoms with E-state index < -0.39 is 0 Å². The van der Waals surface area contributed by atoms with Gasteiger partial charge in [-0.1, -0.05) is 36.4 Å². The molecule has 118 valence electrons. The summed E-state index contributed by atoms with van der Waals surface area (Å²) in [4.78, 5) is 0. The first kappa shape index (κ1) is 15.0. The van der Waals surface area contributed by atoms with E-state index in [-0.39, 0.29) is 5.75 Å². The van der Waals surface area contributed by atoms with Crippen molar-refractivity contribution in [1.29, 1.82) is 0 Å². The maximum atomic E-state index is 9.78. The number of phenolic OH excluding ortho intramolecular Hbond substituents is 1. The van der Waals surface area contributed by atoms with Gasteiger partial charge in [0.1, 0.15) is 5.82 Å². The average Bonchev–Trinajstić information content (AvgIpc) is 3.01. The summed E-state index contributed by atoms with van der Waals surface area (Å²) < 4.78 is 6.93.